The third kappa shape index (κ3) is 4.76. The second kappa shape index (κ2) is 9.58. The van der Waals surface area contributed by atoms with E-state index in [2.05, 4.69) is 20.8 Å². The molecule has 9 heteroatoms. The number of halogens is 1. The van der Waals surface area contributed by atoms with E-state index in [-0.39, 0.29) is 11.8 Å². The average Bonchev–Trinajstić information content (AvgIpc) is 2.73. The number of amides is 2. The lowest BCUT2D eigenvalue weighted by atomic mass is 10.1. The van der Waals surface area contributed by atoms with Crippen molar-refractivity contribution in [1.29, 1.82) is 0 Å². The highest BCUT2D eigenvalue weighted by atomic mass is 79.9. The third-order valence-corrected chi connectivity index (χ3v) is 5.66. The molecule has 2 saturated heterocycles. The van der Waals surface area contributed by atoms with Crippen molar-refractivity contribution in [2.45, 2.75) is 0 Å². The van der Waals surface area contributed by atoms with Gasteiger partial charge in [-0.3, -0.25) is 14.5 Å². The highest BCUT2D eigenvalue weighted by Gasteiger charge is 2.28. The second-order valence-corrected chi connectivity index (χ2v) is 7.61. The average molecular weight is 456 g/mol. The Hall–Kier alpha value is -1.84. The number of morpholine rings is 1. The van der Waals surface area contributed by atoms with Crippen LogP contribution in [0.2, 0.25) is 0 Å². The van der Waals surface area contributed by atoms with Crippen LogP contribution in [-0.4, -0.2) is 99.8 Å². The molecule has 2 amide bonds. The van der Waals surface area contributed by atoms with E-state index >= 15 is 0 Å². The zero-order chi connectivity index (χ0) is 20.1. The molecule has 0 bridgehead atoms. The summed E-state index contributed by atoms with van der Waals surface area (Å²) in [5, 5.41) is 0. The molecule has 1 aromatic rings. The summed E-state index contributed by atoms with van der Waals surface area (Å²) in [5.74, 6) is 1.04. The molecule has 8 nitrogen and oxygen atoms in total. The molecule has 2 aliphatic rings. The Labute approximate surface area is 173 Å². The molecule has 0 spiro atoms. The summed E-state index contributed by atoms with van der Waals surface area (Å²) in [6, 6.07) is 3.44. The fourth-order valence-electron chi connectivity index (χ4n) is 3.43. The van der Waals surface area contributed by atoms with Crippen LogP contribution < -0.4 is 9.47 Å². The zero-order valence-electron chi connectivity index (χ0n) is 16.3. The molecule has 3 rings (SSSR count). The first-order valence-electron chi connectivity index (χ1n) is 9.32. The minimum Gasteiger partial charge on any atom is -0.497 e. The maximum absolute atomic E-state index is 13.0. The SMILES string of the molecule is COc1cc(Br)c(OC)c(C(=O)N2CCN(C(=O)CN3CCOCC3)CC2)c1. The number of carbonyl (C=O) groups is 2. The molecule has 28 heavy (non-hydrogen) atoms. The lowest BCUT2D eigenvalue weighted by molar-refractivity contribution is -0.134. The minimum atomic E-state index is -0.128. The Balaban J connectivity index is 1.61. The smallest absolute Gasteiger partial charge is 0.257 e. The summed E-state index contributed by atoms with van der Waals surface area (Å²) in [6.45, 7) is 5.38. The van der Waals surface area contributed by atoms with Crippen molar-refractivity contribution in [2.24, 2.45) is 0 Å². The van der Waals surface area contributed by atoms with Gasteiger partial charge in [-0.1, -0.05) is 0 Å². The van der Waals surface area contributed by atoms with Crippen LogP contribution in [0.4, 0.5) is 0 Å². The normalized spacial score (nSPS) is 18.1. The van der Waals surface area contributed by atoms with Gasteiger partial charge in [0.05, 0.1) is 44.0 Å². The second-order valence-electron chi connectivity index (χ2n) is 6.75. The molecule has 0 radical (unpaired) electrons. The third-order valence-electron chi connectivity index (χ3n) is 5.07. The summed E-state index contributed by atoms with van der Waals surface area (Å²) in [6.07, 6.45) is 0. The van der Waals surface area contributed by atoms with Crippen LogP contribution in [0.25, 0.3) is 0 Å². The van der Waals surface area contributed by atoms with E-state index in [1.165, 1.54) is 7.11 Å². The van der Waals surface area contributed by atoms with Crippen LogP contribution in [0.15, 0.2) is 16.6 Å². The Morgan fingerprint density at radius 2 is 1.64 bits per heavy atom. The fourth-order valence-corrected chi connectivity index (χ4v) is 4.03. The van der Waals surface area contributed by atoms with Crippen molar-refractivity contribution < 1.29 is 23.8 Å². The molecule has 0 aliphatic carbocycles. The standard InChI is InChI=1S/C19H26BrN3O5/c1-26-14-11-15(18(27-2)16(20)12-14)19(25)23-5-3-22(4-6-23)17(24)13-21-7-9-28-10-8-21/h11-12H,3-10,13H2,1-2H3. The van der Waals surface area contributed by atoms with Gasteiger partial charge in [0.15, 0.2) is 0 Å². The van der Waals surface area contributed by atoms with Gasteiger partial charge in [-0.2, -0.15) is 0 Å². The van der Waals surface area contributed by atoms with Crippen LogP contribution in [0.1, 0.15) is 10.4 Å². The Morgan fingerprint density at radius 3 is 2.25 bits per heavy atom. The Morgan fingerprint density at radius 1 is 1.00 bits per heavy atom. The molecule has 0 atom stereocenters. The first kappa shape index (κ1) is 20.9. The van der Waals surface area contributed by atoms with Crippen LogP contribution in [0, 0.1) is 0 Å². The molecule has 0 N–H and O–H groups in total. The number of piperazine rings is 1. The highest BCUT2D eigenvalue weighted by molar-refractivity contribution is 9.10. The number of rotatable bonds is 5. The van der Waals surface area contributed by atoms with Gasteiger partial charge in [-0.15, -0.1) is 0 Å². The van der Waals surface area contributed by atoms with E-state index in [0.717, 1.165) is 13.1 Å². The number of hydrogen-bond donors (Lipinski definition) is 0. The topological polar surface area (TPSA) is 71.6 Å². The number of nitrogens with zero attached hydrogens (tertiary/aromatic N) is 3. The summed E-state index contributed by atoms with van der Waals surface area (Å²) < 4.78 is 16.7. The lowest BCUT2D eigenvalue weighted by Crippen LogP contribution is -2.53. The molecule has 0 aromatic heterocycles. The largest absolute Gasteiger partial charge is 0.497 e. The van der Waals surface area contributed by atoms with E-state index in [1.54, 1.807) is 24.1 Å². The summed E-state index contributed by atoms with van der Waals surface area (Å²) >= 11 is 3.42. The van der Waals surface area contributed by atoms with Crippen LogP contribution in [0.5, 0.6) is 11.5 Å². The zero-order valence-corrected chi connectivity index (χ0v) is 17.9. The van der Waals surface area contributed by atoms with Gasteiger partial charge >= 0.3 is 0 Å². The molecular formula is C19H26BrN3O5. The van der Waals surface area contributed by atoms with Crippen molar-refractivity contribution in [3.63, 3.8) is 0 Å². The van der Waals surface area contributed by atoms with E-state index in [9.17, 15) is 9.59 Å². The van der Waals surface area contributed by atoms with Gasteiger partial charge in [0, 0.05) is 39.3 Å². The van der Waals surface area contributed by atoms with Crippen molar-refractivity contribution in [1.82, 2.24) is 14.7 Å². The first-order valence-corrected chi connectivity index (χ1v) is 10.1. The number of carbonyl (C=O) groups excluding carboxylic acids is 2. The number of ether oxygens (including phenoxy) is 3. The number of benzene rings is 1. The van der Waals surface area contributed by atoms with Crippen molar-refractivity contribution in [2.75, 3.05) is 73.2 Å². The molecule has 0 saturated carbocycles. The minimum absolute atomic E-state index is 0.107. The van der Waals surface area contributed by atoms with Crippen LogP contribution in [0.3, 0.4) is 0 Å². The lowest BCUT2D eigenvalue weighted by Gasteiger charge is -2.36. The van der Waals surface area contributed by atoms with Crippen molar-refractivity contribution in [3.8, 4) is 11.5 Å². The van der Waals surface area contributed by atoms with Gasteiger partial charge in [0.25, 0.3) is 5.91 Å². The fraction of sp³-hybridized carbons (Fsp3) is 0.579. The van der Waals surface area contributed by atoms with Gasteiger partial charge in [0.1, 0.15) is 11.5 Å². The van der Waals surface area contributed by atoms with Crippen LogP contribution >= 0.6 is 15.9 Å². The number of methoxy groups -OCH3 is 2. The number of hydrogen-bond acceptors (Lipinski definition) is 6. The maximum atomic E-state index is 13.0. The molecule has 2 heterocycles. The molecule has 2 aliphatic heterocycles. The first-order chi connectivity index (χ1) is 13.5. The highest BCUT2D eigenvalue weighted by Crippen LogP contribution is 2.34. The quantitative estimate of drug-likeness (QED) is 0.661. The summed E-state index contributed by atoms with van der Waals surface area (Å²) in [4.78, 5) is 31.3. The van der Waals surface area contributed by atoms with E-state index in [0.29, 0.717) is 67.5 Å². The van der Waals surface area contributed by atoms with E-state index < -0.39 is 0 Å². The summed E-state index contributed by atoms with van der Waals surface area (Å²) in [7, 11) is 3.09. The Bertz CT molecular complexity index is 716. The van der Waals surface area contributed by atoms with E-state index in [1.807, 2.05) is 4.90 Å². The van der Waals surface area contributed by atoms with Gasteiger partial charge in [-0.05, 0) is 28.1 Å². The molecule has 154 valence electrons. The maximum Gasteiger partial charge on any atom is 0.257 e. The van der Waals surface area contributed by atoms with Crippen molar-refractivity contribution in [3.05, 3.63) is 22.2 Å². The van der Waals surface area contributed by atoms with Gasteiger partial charge in [0.2, 0.25) is 5.91 Å². The van der Waals surface area contributed by atoms with Crippen molar-refractivity contribution >= 4 is 27.7 Å². The van der Waals surface area contributed by atoms with Crippen LogP contribution in [-0.2, 0) is 9.53 Å². The molecular weight excluding hydrogens is 430 g/mol. The molecule has 2 fully saturated rings. The summed E-state index contributed by atoms with van der Waals surface area (Å²) in [5.41, 5.74) is 0.446. The monoisotopic (exact) mass is 455 g/mol. The molecule has 1 aromatic carbocycles. The van der Waals surface area contributed by atoms with Gasteiger partial charge < -0.3 is 24.0 Å². The Kier molecular flexibility index (Phi) is 7.14. The molecule has 0 unspecified atom stereocenters. The van der Waals surface area contributed by atoms with E-state index in [4.69, 9.17) is 14.2 Å². The predicted octanol–water partition coefficient (Wildman–Crippen LogP) is 1.08. The predicted molar refractivity (Wildman–Crippen MR) is 107 cm³/mol. The van der Waals surface area contributed by atoms with Gasteiger partial charge in [-0.25, -0.2) is 0 Å².